The largest absolute Gasteiger partial charge is 0.588 e. The van der Waals surface area contributed by atoms with Gasteiger partial charge in [-0.2, -0.15) is 11.8 Å². The van der Waals surface area contributed by atoms with Crippen LogP contribution >= 0.6 is 11.8 Å². The van der Waals surface area contributed by atoms with Gasteiger partial charge in [0.25, 0.3) is 6.20 Å². The lowest BCUT2D eigenvalue weighted by Crippen LogP contribution is -2.70. The molecule has 0 bridgehead atoms. The standard InChI is InChI=1S/C15H24N4O2S/c1-15(2)11-22-9-8-18(15)19-10-13(21-17-19)16-14(20)12-6-4-3-5-7-12/h10,12H,3-9,11H2,1-2H3. The maximum absolute atomic E-state index is 12.2. The molecule has 1 aromatic heterocycles. The number of hydrogen-bond acceptors (Lipinski definition) is 5. The normalized spacial score (nSPS) is 22.5. The van der Waals surface area contributed by atoms with Gasteiger partial charge in [0, 0.05) is 17.4 Å². The van der Waals surface area contributed by atoms with Gasteiger partial charge in [0.15, 0.2) is 0 Å². The van der Waals surface area contributed by atoms with Gasteiger partial charge in [-0.25, -0.2) is 0 Å². The molecule has 6 nitrogen and oxygen atoms in total. The van der Waals surface area contributed by atoms with Gasteiger partial charge < -0.3 is 14.6 Å². The van der Waals surface area contributed by atoms with E-state index < -0.39 is 0 Å². The summed E-state index contributed by atoms with van der Waals surface area (Å²) in [6.07, 6.45) is 7.11. The van der Waals surface area contributed by atoms with E-state index in [0.717, 1.165) is 43.7 Å². The summed E-state index contributed by atoms with van der Waals surface area (Å²) < 4.78 is 5.25. The Bertz CT molecular complexity index is 525. The van der Waals surface area contributed by atoms with Crippen LogP contribution in [0.1, 0.15) is 46.0 Å². The summed E-state index contributed by atoms with van der Waals surface area (Å²) in [4.78, 5) is 13.9. The van der Waals surface area contributed by atoms with Gasteiger partial charge in [-0.1, -0.05) is 19.3 Å². The first-order valence-electron chi connectivity index (χ1n) is 8.06. The zero-order valence-electron chi connectivity index (χ0n) is 13.3. The molecule has 1 aliphatic heterocycles. The summed E-state index contributed by atoms with van der Waals surface area (Å²) in [5.74, 6) is 2.42. The van der Waals surface area contributed by atoms with E-state index in [9.17, 15) is 4.79 Å². The van der Waals surface area contributed by atoms with Crippen molar-refractivity contribution in [2.45, 2.75) is 51.5 Å². The van der Waals surface area contributed by atoms with Crippen LogP contribution in [0, 0.1) is 5.92 Å². The fraction of sp³-hybridized carbons (Fsp3) is 0.800. The number of amides is 1. The van der Waals surface area contributed by atoms with Crippen molar-refractivity contribution in [2.24, 2.45) is 5.92 Å². The van der Waals surface area contributed by atoms with Crippen molar-refractivity contribution < 1.29 is 14.1 Å². The molecular weight excluding hydrogens is 300 g/mol. The number of carbonyl (C=O) groups is 1. The van der Waals surface area contributed by atoms with Crippen LogP contribution in [0.5, 0.6) is 0 Å². The Kier molecular flexibility index (Phi) is 4.61. The summed E-state index contributed by atoms with van der Waals surface area (Å²) in [7, 11) is 0. The second-order valence-electron chi connectivity index (χ2n) is 6.73. The van der Waals surface area contributed by atoms with Gasteiger partial charge in [-0.05, 0) is 26.7 Å². The summed E-state index contributed by atoms with van der Waals surface area (Å²) in [5.41, 5.74) is 0.00903. The first-order valence-corrected chi connectivity index (χ1v) is 9.22. The van der Waals surface area contributed by atoms with Crippen LogP contribution in [0.3, 0.4) is 0 Å². The number of carbonyl (C=O) groups excluding carboxylic acids is 1. The molecule has 2 aliphatic rings. The van der Waals surface area contributed by atoms with Crippen molar-refractivity contribution in [3.63, 3.8) is 0 Å². The van der Waals surface area contributed by atoms with Crippen molar-refractivity contribution in [3.05, 3.63) is 11.5 Å². The van der Waals surface area contributed by atoms with Crippen LogP contribution < -0.4 is 9.80 Å². The van der Waals surface area contributed by atoms with Crippen molar-refractivity contribution in [1.82, 2.24) is 5.27 Å². The number of nitrogens with zero attached hydrogens (tertiary/aromatic N) is 4. The van der Waals surface area contributed by atoms with Crippen LogP contribution in [0.4, 0.5) is 5.88 Å². The number of rotatable bonds is 3. The van der Waals surface area contributed by atoms with Crippen LogP contribution in [-0.4, -0.2) is 34.8 Å². The highest BCUT2D eigenvalue weighted by atomic mass is 32.2. The second kappa shape index (κ2) is 6.48. The Balaban J connectivity index is 1.64. The fourth-order valence-corrected chi connectivity index (χ4v) is 4.27. The van der Waals surface area contributed by atoms with Crippen LogP contribution in [0.15, 0.2) is 10.7 Å². The molecule has 1 amide bonds. The third kappa shape index (κ3) is 3.39. The molecular formula is C15H24N4O2S. The van der Waals surface area contributed by atoms with E-state index in [2.05, 4.69) is 29.4 Å². The quantitative estimate of drug-likeness (QED) is 0.800. The Morgan fingerprint density at radius 1 is 1.45 bits per heavy atom. The topological polar surface area (TPSA) is 64.3 Å². The van der Waals surface area contributed by atoms with Crippen molar-refractivity contribution in [3.8, 4) is 0 Å². The molecule has 3 rings (SSSR count). The first kappa shape index (κ1) is 15.6. The zero-order valence-corrected chi connectivity index (χ0v) is 14.1. The minimum Gasteiger partial charge on any atom is -0.588 e. The lowest BCUT2D eigenvalue weighted by Gasteiger charge is -2.35. The summed E-state index contributed by atoms with van der Waals surface area (Å²) in [5, 5.41) is 10.3. The van der Waals surface area contributed by atoms with Crippen LogP contribution in [0.2, 0.25) is 0 Å². The third-order valence-electron chi connectivity index (χ3n) is 4.47. The van der Waals surface area contributed by atoms with Gasteiger partial charge in [0.1, 0.15) is 11.4 Å². The minimum absolute atomic E-state index is 0.00903. The predicted octanol–water partition coefficient (Wildman–Crippen LogP) is 2.54. The maximum Gasteiger partial charge on any atom is 0.257 e. The average molecular weight is 324 g/mol. The molecule has 22 heavy (non-hydrogen) atoms. The Morgan fingerprint density at radius 2 is 2.23 bits per heavy atom. The Hall–Kier alpha value is -1.24. The van der Waals surface area contributed by atoms with Crippen molar-refractivity contribution >= 4 is 23.6 Å². The molecule has 2 fully saturated rings. The lowest BCUT2D eigenvalue weighted by atomic mass is 9.89. The van der Waals surface area contributed by atoms with Gasteiger partial charge in [0.05, 0.1) is 17.2 Å². The highest BCUT2D eigenvalue weighted by Gasteiger charge is 2.38. The molecule has 1 aromatic rings. The van der Waals surface area contributed by atoms with Gasteiger partial charge in [-0.3, -0.25) is 0 Å². The maximum atomic E-state index is 12.2. The monoisotopic (exact) mass is 324 g/mol. The lowest BCUT2D eigenvalue weighted by molar-refractivity contribution is -0.764. The van der Waals surface area contributed by atoms with E-state index in [-0.39, 0.29) is 17.4 Å². The summed E-state index contributed by atoms with van der Waals surface area (Å²) in [6.45, 7) is 5.28. The number of hydrogen-bond donors (Lipinski definition) is 0. The predicted molar refractivity (Wildman–Crippen MR) is 85.8 cm³/mol. The molecule has 1 saturated carbocycles. The molecule has 0 atom stereocenters. The van der Waals surface area contributed by atoms with E-state index in [4.69, 9.17) is 4.52 Å². The van der Waals surface area contributed by atoms with Crippen molar-refractivity contribution in [2.75, 3.05) is 23.1 Å². The first-order chi connectivity index (χ1) is 10.6. The zero-order chi connectivity index (χ0) is 15.6. The molecule has 1 aliphatic carbocycles. The highest BCUT2D eigenvalue weighted by Crippen LogP contribution is 2.29. The van der Waals surface area contributed by atoms with Gasteiger partial charge in [-0.15, -0.1) is 5.01 Å². The second-order valence-corrected chi connectivity index (χ2v) is 7.84. The Labute approximate surface area is 135 Å². The van der Waals surface area contributed by atoms with Crippen LogP contribution in [0.25, 0.3) is 5.32 Å². The molecule has 122 valence electrons. The van der Waals surface area contributed by atoms with Gasteiger partial charge in [0.2, 0.25) is 5.27 Å². The molecule has 0 radical (unpaired) electrons. The van der Waals surface area contributed by atoms with E-state index in [1.165, 1.54) is 6.42 Å². The van der Waals surface area contributed by atoms with Crippen molar-refractivity contribution in [1.29, 1.82) is 0 Å². The average Bonchev–Trinajstić information content (AvgIpc) is 2.95. The van der Waals surface area contributed by atoms with Crippen LogP contribution in [-0.2, 0) is 4.79 Å². The summed E-state index contributed by atoms with van der Waals surface area (Å²) in [6, 6.07) is 0. The number of thioether (sulfide) groups is 1. The fourth-order valence-electron chi connectivity index (χ4n) is 3.17. The SMILES string of the molecule is CC1(C)CSCCN1[n+]1cc([N-]C(=O)C2CCCCC2)on1. The third-order valence-corrected chi connectivity index (χ3v) is 5.85. The minimum atomic E-state index is -0.0588. The Morgan fingerprint density at radius 3 is 2.95 bits per heavy atom. The summed E-state index contributed by atoms with van der Waals surface area (Å²) >= 11 is 1.95. The molecule has 2 heterocycles. The highest BCUT2D eigenvalue weighted by molar-refractivity contribution is 7.99. The smallest absolute Gasteiger partial charge is 0.257 e. The molecule has 0 N–H and O–H groups in total. The van der Waals surface area contributed by atoms with E-state index >= 15 is 0 Å². The number of aromatic nitrogens is 2. The molecule has 7 heteroatoms. The molecule has 0 aromatic carbocycles. The van der Waals surface area contributed by atoms with E-state index in [1.54, 1.807) is 11.0 Å². The molecule has 0 spiro atoms. The van der Waals surface area contributed by atoms with Gasteiger partial charge >= 0.3 is 0 Å². The molecule has 1 saturated heterocycles. The molecule has 0 unspecified atom stereocenters. The van der Waals surface area contributed by atoms with E-state index in [0.29, 0.717) is 5.88 Å². The van der Waals surface area contributed by atoms with E-state index in [1.807, 2.05) is 11.8 Å².